The lowest BCUT2D eigenvalue weighted by atomic mass is 10.2. The largest absolute Gasteiger partial charge is 0.379 e. The first kappa shape index (κ1) is 21.0. The Morgan fingerprint density at radius 1 is 1.09 bits per heavy atom. The molecule has 1 N–H and O–H groups in total. The van der Waals surface area contributed by atoms with Crippen LogP contribution in [0.1, 0.15) is 12.1 Å². The maximum atomic E-state index is 5.40. The quantitative estimate of drug-likeness (QED) is 0.337. The number of benzene rings is 1. The van der Waals surface area contributed by atoms with E-state index in [1.54, 1.807) is 0 Å². The summed E-state index contributed by atoms with van der Waals surface area (Å²) in [4.78, 5) is 16.4. The molecule has 1 aliphatic heterocycles. The summed E-state index contributed by atoms with van der Waals surface area (Å²) in [5.41, 5.74) is 3.62. The van der Waals surface area contributed by atoms with E-state index < -0.39 is 0 Å². The number of nitrogens with one attached hydrogen (secondary N) is 1. The highest BCUT2D eigenvalue weighted by Crippen LogP contribution is 2.28. The predicted octanol–water partition coefficient (Wildman–Crippen LogP) is 2.90. The van der Waals surface area contributed by atoms with Crippen molar-refractivity contribution in [1.82, 2.24) is 34.6 Å². The van der Waals surface area contributed by atoms with E-state index in [0.29, 0.717) is 11.1 Å². The van der Waals surface area contributed by atoms with Gasteiger partial charge in [-0.25, -0.2) is 15.0 Å². The monoisotopic (exact) mass is 450 g/mol. The molecule has 0 spiro atoms. The fraction of sp³-hybridized carbons (Fsp3) is 0.409. The second-order valence-corrected chi connectivity index (χ2v) is 8.84. The molecule has 0 aliphatic carbocycles. The Hall–Kier alpha value is -2.82. The minimum atomic E-state index is 0.569. The summed E-state index contributed by atoms with van der Waals surface area (Å²) in [6.07, 6.45) is 1.03. The number of para-hydroxylation sites is 1. The predicted molar refractivity (Wildman–Crippen MR) is 125 cm³/mol. The normalized spacial score (nSPS) is 14.9. The van der Waals surface area contributed by atoms with E-state index in [-0.39, 0.29) is 0 Å². The Bertz CT molecular complexity index is 1240. The van der Waals surface area contributed by atoms with Crippen molar-refractivity contribution in [2.24, 2.45) is 7.05 Å². The number of rotatable bonds is 7. The van der Waals surface area contributed by atoms with E-state index in [4.69, 9.17) is 9.72 Å². The fourth-order valence-corrected chi connectivity index (χ4v) is 4.69. The van der Waals surface area contributed by atoms with Crippen LogP contribution < -0.4 is 5.32 Å². The Morgan fingerprint density at radius 3 is 2.81 bits per heavy atom. The molecular formula is C22H26N8OS. The van der Waals surface area contributed by atoms with Gasteiger partial charge in [-0.2, -0.15) is 0 Å². The van der Waals surface area contributed by atoms with Gasteiger partial charge in [-0.3, -0.25) is 4.90 Å². The minimum absolute atomic E-state index is 0.569. The molecule has 10 heteroatoms. The Balaban J connectivity index is 1.27. The molecule has 1 aromatic carbocycles. The molecule has 0 amide bonds. The van der Waals surface area contributed by atoms with Gasteiger partial charge in [0.25, 0.3) is 0 Å². The first-order valence-corrected chi connectivity index (χ1v) is 11.6. The molecule has 166 valence electrons. The summed E-state index contributed by atoms with van der Waals surface area (Å²) < 4.78 is 7.45. The van der Waals surface area contributed by atoms with Gasteiger partial charge in [0.15, 0.2) is 5.65 Å². The molecule has 0 saturated carbocycles. The summed E-state index contributed by atoms with van der Waals surface area (Å²) >= 11 is 1.40. The van der Waals surface area contributed by atoms with Gasteiger partial charge < -0.3 is 14.6 Å². The maximum absolute atomic E-state index is 5.40. The lowest BCUT2D eigenvalue weighted by molar-refractivity contribution is 0.0378. The SMILES string of the molecule is Cc1cc(Sc2nnc3c4ccccc4n(C)c3n2)nc(NCCCN2CCOCC2)n1. The van der Waals surface area contributed by atoms with Crippen molar-refractivity contribution >= 4 is 39.8 Å². The molecule has 0 radical (unpaired) electrons. The summed E-state index contributed by atoms with van der Waals surface area (Å²) in [6.45, 7) is 7.52. The first-order chi connectivity index (χ1) is 15.7. The highest BCUT2D eigenvalue weighted by molar-refractivity contribution is 7.99. The van der Waals surface area contributed by atoms with Gasteiger partial charge in [-0.1, -0.05) is 18.2 Å². The molecule has 3 aromatic heterocycles. The molecule has 1 saturated heterocycles. The molecule has 0 atom stereocenters. The van der Waals surface area contributed by atoms with Crippen LogP contribution in [0, 0.1) is 6.92 Å². The topological polar surface area (TPSA) is 93.9 Å². The Morgan fingerprint density at radius 2 is 1.94 bits per heavy atom. The van der Waals surface area contributed by atoms with Crippen LogP contribution in [0.2, 0.25) is 0 Å². The number of hydrogen-bond acceptors (Lipinski definition) is 9. The van der Waals surface area contributed by atoms with Crippen molar-refractivity contribution in [1.29, 1.82) is 0 Å². The van der Waals surface area contributed by atoms with Crippen molar-refractivity contribution in [2.75, 3.05) is 44.7 Å². The number of aryl methyl sites for hydroxylation is 2. The summed E-state index contributed by atoms with van der Waals surface area (Å²) in [6, 6.07) is 10.1. The van der Waals surface area contributed by atoms with E-state index in [0.717, 1.165) is 78.6 Å². The third kappa shape index (κ3) is 4.52. The smallest absolute Gasteiger partial charge is 0.223 e. The second kappa shape index (κ2) is 9.35. The molecule has 1 fully saturated rings. The van der Waals surface area contributed by atoms with Crippen LogP contribution in [0.25, 0.3) is 22.1 Å². The van der Waals surface area contributed by atoms with Crippen molar-refractivity contribution in [2.45, 2.75) is 23.5 Å². The second-order valence-electron chi connectivity index (χ2n) is 7.85. The van der Waals surface area contributed by atoms with E-state index in [1.165, 1.54) is 11.8 Å². The van der Waals surface area contributed by atoms with Crippen LogP contribution >= 0.6 is 11.8 Å². The molecule has 9 nitrogen and oxygen atoms in total. The van der Waals surface area contributed by atoms with Crippen molar-refractivity contribution < 1.29 is 4.74 Å². The molecule has 5 rings (SSSR count). The van der Waals surface area contributed by atoms with Gasteiger partial charge in [0.1, 0.15) is 10.5 Å². The van der Waals surface area contributed by atoms with Crippen LogP contribution in [0.5, 0.6) is 0 Å². The number of fused-ring (bicyclic) bond motifs is 3. The van der Waals surface area contributed by atoms with E-state index in [1.807, 2.05) is 38.2 Å². The van der Waals surface area contributed by atoms with Gasteiger partial charge >= 0.3 is 0 Å². The van der Waals surface area contributed by atoms with Crippen molar-refractivity contribution in [3.8, 4) is 0 Å². The summed E-state index contributed by atoms with van der Waals surface area (Å²) in [5, 5.41) is 14.6. The Labute approximate surface area is 190 Å². The highest BCUT2D eigenvalue weighted by Gasteiger charge is 2.14. The third-order valence-electron chi connectivity index (χ3n) is 5.55. The van der Waals surface area contributed by atoms with Crippen LogP contribution in [-0.2, 0) is 11.8 Å². The number of nitrogens with zero attached hydrogens (tertiary/aromatic N) is 7. The zero-order valence-corrected chi connectivity index (χ0v) is 19.1. The van der Waals surface area contributed by atoms with E-state index in [9.17, 15) is 0 Å². The fourth-order valence-electron chi connectivity index (χ4n) is 3.93. The lowest BCUT2D eigenvalue weighted by Gasteiger charge is -2.26. The average molecular weight is 451 g/mol. The molecule has 1 aliphatic rings. The minimum Gasteiger partial charge on any atom is -0.379 e. The number of anilines is 1. The molecule has 4 heterocycles. The average Bonchev–Trinajstić information content (AvgIpc) is 3.09. The number of morpholine rings is 1. The third-order valence-corrected chi connectivity index (χ3v) is 6.33. The molecule has 4 aromatic rings. The summed E-state index contributed by atoms with van der Waals surface area (Å²) in [7, 11) is 2.00. The van der Waals surface area contributed by atoms with Gasteiger partial charge in [-0.15, -0.1) is 10.2 Å². The standard InChI is InChI=1S/C22H26N8OS/c1-15-14-18(25-21(24-15)23-8-5-9-30-10-12-31-13-11-30)32-22-26-20-19(27-28-22)16-6-3-4-7-17(16)29(20)2/h3-4,6-7,14H,5,8-13H2,1-2H3,(H,23,24,25). The first-order valence-electron chi connectivity index (χ1n) is 10.8. The maximum Gasteiger partial charge on any atom is 0.223 e. The molecule has 0 unspecified atom stereocenters. The van der Waals surface area contributed by atoms with Crippen molar-refractivity contribution in [3.05, 3.63) is 36.0 Å². The number of ether oxygens (including phenoxy) is 1. The van der Waals surface area contributed by atoms with Gasteiger partial charge in [0.2, 0.25) is 11.1 Å². The van der Waals surface area contributed by atoms with Gasteiger partial charge in [0.05, 0.1) is 18.7 Å². The summed E-state index contributed by atoms with van der Waals surface area (Å²) in [5.74, 6) is 0.633. The molecule has 32 heavy (non-hydrogen) atoms. The lowest BCUT2D eigenvalue weighted by Crippen LogP contribution is -2.37. The van der Waals surface area contributed by atoms with Crippen molar-refractivity contribution in [3.63, 3.8) is 0 Å². The van der Waals surface area contributed by atoms with Crippen LogP contribution in [0.15, 0.2) is 40.5 Å². The zero-order chi connectivity index (χ0) is 21.9. The zero-order valence-electron chi connectivity index (χ0n) is 18.3. The number of hydrogen-bond donors (Lipinski definition) is 1. The van der Waals surface area contributed by atoms with E-state index >= 15 is 0 Å². The number of aromatic nitrogens is 6. The van der Waals surface area contributed by atoms with Gasteiger partial charge in [0, 0.05) is 37.8 Å². The van der Waals surface area contributed by atoms with Crippen LogP contribution in [0.3, 0.4) is 0 Å². The van der Waals surface area contributed by atoms with E-state index in [2.05, 4.69) is 41.0 Å². The van der Waals surface area contributed by atoms with Crippen LogP contribution in [0.4, 0.5) is 5.95 Å². The highest BCUT2D eigenvalue weighted by atomic mass is 32.2. The van der Waals surface area contributed by atoms with Crippen LogP contribution in [-0.4, -0.2) is 74.0 Å². The molecule has 0 bridgehead atoms. The Kier molecular flexibility index (Phi) is 6.15. The molecular weight excluding hydrogens is 424 g/mol. The van der Waals surface area contributed by atoms with Gasteiger partial charge in [-0.05, 0) is 43.8 Å².